The Labute approximate surface area is 129 Å². The monoisotopic (exact) mass is 383 g/mol. The minimum absolute atomic E-state index is 0.307. The maximum Gasteiger partial charge on any atom is 0.0807 e. The van der Waals surface area contributed by atoms with Gasteiger partial charge in [-0.25, -0.2) is 0 Å². The molecule has 0 spiro atoms. The first-order valence-electron chi connectivity index (χ1n) is 6.42. The van der Waals surface area contributed by atoms with Crippen LogP contribution in [0.1, 0.15) is 35.9 Å². The molecular formula is C15H15Br2NO. The number of aryl methyl sites for hydroxylation is 1. The second-order valence-corrected chi connectivity index (χ2v) is 6.80. The Bertz CT molecular complexity index is 633. The van der Waals surface area contributed by atoms with Crippen molar-refractivity contribution in [2.75, 3.05) is 0 Å². The van der Waals surface area contributed by atoms with Gasteiger partial charge in [-0.15, -0.1) is 0 Å². The van der Waals surface area contributed by atoms with Crippen LogP contribution in [0.5, 0.6) is 0 Å². The summed E-state index contributed by atoms with van der Waals surface area (Å²) in [7, 11) is 0. The fourth-order valence-corrected chi connectivity index (χ4v) is 4.10. The zero-order chi connectivity index (χ0) is 13.6. The molecule has 0 aliphatic heterocycles. The molecule has 1 unspecified atom stereocenters. The van der Waals surface area contributed by atoms with Crippen molar-refractivity contribution >= 4 is 31.9 Å². The number of rotatable bonds is 1. The SMILES string of the molecule is Cc1cc2c(n1-c1ccc(Br)cc1Br)CCCC2O. The molecule has 100 valence electrons. The van der Waals surface area contributed by atoms with Crippen LogP contribution in [-0.2, 0) is 6.42 Å². The van der Waals surface area contributed by atoms with Gasteiger partial charge < -0.3 is 9.67 Å². The van der Waals surface area contributed by atoms with E-state index in [1.54, 1.807) is 0 Å². The summed E-state index contributed by atoms with van der Waals surface area (Å²) >= 11 is 7.12. The van der Waals surface area contributed by atoms with Gasteiger partial charge in [0.25, 0.3) is 0 Å². The number of aromatic nitrogens is 1. The molecule has 19 heavy (non-hydrogen) atoms. The third-order valence-electron chi connectivity index (χ3n) is 3.72. The number of nitrogens with zero attached hydrogens (tertiary/aromatic N) is 1. The second kappa shape index (κ2) is 5.08. The molecule has 2 nitrogen and oxygen atoms in total. The second-order valence-electron chi connectivity index (χ2n) is 5.03. The highest BCUT2D eigenvalue weighted by Gasteiger charge is 2.24. The predicted octanol–water partition coefficient (Wildman–Crippen LogP) is 4.68. The third-order valence-corrected chi connectivity index (χ3v) is 4.85. The van der Waals surface area contributed by atoms with Gasteiger partial charge >= 0.3 is 0 Å². The molecule has 1 atom stereocenters. The van der Waals surface area contributed by atoms with E-state index in [1.807, 2.05) is 6.07 Å². The Morgan fingerprint density at radius 3 is 2.79 bits per heavy atom. The minimum Gasteiger partial charge on any atom is -0.388 e. The zero-order valence-corrected chi connectivity index (χ0v) is 13.8. The van der Waals surface area contributed by atoms with Gasteiger partial charge in [0.15, 0.2) is 0 Å². The molecule has 1 aliphatic rings. The van der Waals surface area contributed by atoms with Crippen molar-refractivity contribution in [2.24, 2.45) is 0 Å². The molecule has 1 aliphatic carbocycles. The molecule has 4 heteroatoms. The Kier molecular flexibility index (Phi) is 3.58. The summed E-state index contributed by atoms with van der Waals surface area (Å²) in [5, 5.41) is 10.1. The predicted molar refractivity (Wildman–Crippen MR) is 83.8 cm³/mol. The molecule has 2 aromatic rings. The van der Waals surface area contributed by atoms with Gasteiger partial charge in [-0.3, -0.25) is 0 Å². The quantitative estimate of drug-likeness (QED) is 0.758. The van der Waals surface area contributed by atoms with Crippen molar-refractivity contribution in [3.8, 4) is 5.69 Å². The summed E-state index contributed by atoms with van der Waals surface area (Å²) in [5.74, 6) is 0. The van der Waals surface area contributed by atoms with E-state index in [1.165, 1.54) is 11.4 Å². The van der Waals surface area contributed by atoms with E-state index in [0.29, 0.717) is 0 Å². The summed E-state index contributed by atoms with van der Waals surface area (Å²) in [6.45, 7) is 2.10. The molecular weight excluding hydrogens is 370 g/mol. The lowest BCUT2D eigenvalue weighted by Gasteiger charge is -2.21. The van der Waals surface area contributed by atoms with Gasteiger partial charge in [-0.1, -0.05) is 15.9 Å². The standard InChI is InChI=1S/C15H15Br2NO/c1-9-7-11-13(3-2-4-15(11)19)18(9)14-6-5-10(16)8-12(14)17/h5-8,15,19H,2-4H2,1H3. The van der Waals surface area contributed by atoms with E-state index in [4.69, 9.17) is 0 Å². The summed E-state index contributed by atoms with van der Waals surface area (Å²) in [5.41, 5.74) is 4.66. The van der Waals surface area contributed by atoms with Crippen LogP contribution in [0.3, 0.4) is 0 Å². The van der Waals surface area contributed by atoms with Gasteiger partial charge in [0.05, 0.1) is 11.8 Å². The highest BCUT2D eigenvalue weighted by Crippen LogP contribution is 2.36. The largest absolute Gasteiger partial charge is 0.388 e. The van der Waals surface area contributed by atoms with E-state index in [2.05, 4.69) is 61.5 Å². The van der Waals surface area contributed by atoms with Gasteiger partial charge in [0.2, 0.25) is 0 Å². The molecule has 0 amide bonds. The van der Waals surface area contributed by atoms with Crippen LogP contribution in [0.25, 0.3) is 5.69 Å². The summed E-state index contributed by atoms with van der Waals surface area (Å²) in [6, 6.07) is 8.32. The molecule has 0 saturated carbocycles. The summed E-state index contributed by atoms with van der Waals surface area (Å²) < 4.78 is 4.37. The maximum atomic E-state index is 10.1. The van der Waals surface area contributed by atoms with Crippen LogP contribution >= 0.6 is 31.9 Å². The molecule has 1 heterocycles. The Balaban J connectivity index is 2.20. The lowest BCUT2D eigenvalue weighted by atomic mass is 9.95. The molecule has 1 N–H and O–H groups in total. The summed E-state index contributed by atoms with van der Waals surface area (Å²) in [6.07, 6.45) is 2.64. The van der Waals surface area contributed by atoms with E-state index >= 15 is 0 Å². The Morgan fingerprint density at radius 1 is 1.26 bits per heavy atom. The van der Waals surface area contributed by atoms with Crippen LogP contribution in [0.2, 0.25) is 0 Å². The number of benzene rings is 1. The lowest BCUT2D eigenvalue weighted by Crippen LogP contribution is -2.11. The molecule has 1 aromatic heterocycles. The van der Waals surface area contributed by atoms with Crippen LogP contribution in [0.4, 0.5) is 0 Å². The lowest BCUT2D eigenvalue weighted by molar-refractivity contribution is 0.156. The highest BCUT2D eigenvalue weighted by atomic mass is 79.9. The zero-order valence-electron chi connectivity index (χ0n) is 10.7. The molecule has 0 saturated heterocycles. The van der Waals surface area contributed by atoms with Gasteiger partial charge in [-0.05, 0) is 66.4 Å². The average molecular weight is 385 g/mol. The molecule has 0 fully saturated rings. The van der Waals surface area contributed by atoms with Crippen molar-refractivity contribution < 1.29 is 5.11 Å². The van der Waals surface area contributed by atoms with Crippen molar-refractivity contribution in [3.05, 3.63) is 50.2 Å². The molecule has 0 bridgehead atoms. The van der Waals surface area contributed by atoms with E-state index < -0.39 is 0 Å². The first-order valence-corrected chi connectivity index (χ1v) is 8.01. The minimum atomic E-state index is -0.307. The van der Waals surface area contributed by atoms with Crippen LogP contribution < -0.4 is 0 Å². The fraction of sp³-hybridized carbons (Fsp3) is 0.333. The molecule has 3 rings (SSSR count). The van der Waals surface area contributed by atoms with Gasteiger partial charge in [-0.2, -0.15) is 0 Å². The molecule has 0 radical (unpaired) electrons. The maximum absolute atomic E-state index is 10.1. The third kappa shape index (κ3) is 2.30. The number of halogens is 2. The topological polar surface area (TPSA) is 25.2 Å². The van der Waals surface area contributed by atoms with Crippen molar-refractivity contribution in [1.29, 1.82) is 0 Å². The van der Waals surface area contributed by atoms with Crippen molar-refractivity contribution in [2.45, 2.75) is 32.3 Å². The smallest absolute Gasteiger partial charge is 0.0807 e. The van der Waals surface area contributed by atoms with Crippen LogP contribution in [0.15, 0.2) is 33.2 Å². The van der Waals surface area contributed by atoms with Crippen LogP contribution in [0, 0.1) is 6.92 Å². The number of fused-ring (bicyclic) bond motifs is 1. The number of hydrogen-bond donors (Lipinski definition) is 1. The van der Waals surface area contributed by atoms with E-state index in [-0.39, 0.29) is 6.10 Å². The van der Waals surface area contributed by atoms with Gasteiger partial charge in [0.1, 0.15) is 0 Å². The van der Waals surface area contributed by atoms with Crippen molar-refractivity contribution in [3.63, 3.8) is 0 Å². The normalized spacial score (nSPS) is 18.4. The van der Waals surface area contributed by atoms with Crippen LogP contribution in [-0.4, -0.2) is 9.67 Å². The van der Waals surface area contributed by atoms with E-state index in [9.17, 15) is 5.11 Å². The first-order chi connectivity index (χ1) is 9.08. The number of aliphatic hydroxyl groups excluding tert-OH is 1. The fourth-order valence-electron chi connectivity index (χ4n) is 2.88. The first kappa shape index (κ1) is 13.4. The Hall–Kier alpha value is -0.580. The Morgan fingerprint density at radius 2 is 2.05 bits per heavy atom. The average Bonchev–Trinajstić information content (AvgIpc) is 2.68. The van der Waals surface area contributed by atoms with Gasteiger partial charge in [0, 0.05) is 25.9 Å². The number of hydrogen-bond acceptors (Lipinski definition) is 1. The van der Waals surface area contributed by atoms with E-state index in [0.717, 1.165) is 39.5 Å². The number of aliphatic hydroxyl groups is 1. The highest BCUT2D eigenvalue weighted by molar-refractivity contribution is 9.11. The summed E-state index contributed by atoms with van der Waals surface area (Å²) in [4.78, 5) is 0. The van der Waals surface area contributed by atoms with Crippen molar-refractivity contribution in [1.82, 2.24) is 4.57 Å². The molecule has 1 aromatic carbocycles.